The van der Waals surface area contributed by atoms with Crippen molar-refractivity contribution < 1.29 is 23.7 Å². The van der Waals surface area contributed by atoms with E-state index in [9.17, 15) is 4.79 Å². The zero-order valence-electron chi connectivity index (χ0n) is 19.2. The van der Waals surface area contributed by atoms with E-state index in [-0.39, 0.29) is 18.6 Å². The number of hydrogen-bond donors (Lipinski definition) is 0. The fourth-order valence-electron chi connectivity index (χ4n) is 4.01. The second kappa shape index (κ2) is 10.3. The van der Waals surface area contributed by atoms with Crippen LogP contribution < -0.4 is 18.9 Å². The van der Waals surface area contributed by atoms with Gasteiger partial charge in [0.15, 0.2) is 23.0 Å². The van der Waals surface area contributed by atoms with Crippen molar-refractivity contribution in [2.45, 2.75) is 19.3 Å². The topological polar surface area (TPSA) is 57.2 Å². The maximum Gasteiger partial charge on any atom is 0.254 e. The lowest BCUT2D eigenvalue weighted by atomic mass is 10.00. The highest BCUT2D eigenvalue weighted by Gasteiger charge is 2.22. The van der Waals surface area contributed by atoms with Gasteiger partial charge in [0, 0.05) is 18.7 Å². The van der Waals surface area contributed by atoms with Gasteiger partial charge in [0.05, 0.1) is 14.2 Å². The molecular formula is C27H29NO5. The van der Waals surface area contributed by atoms with Crippen molar-refractivity contribution in [3.63, 3.8) is 0 Å². The minimum Gasteiger partial charge on any atom is -0.493 e. The maximum absolute atomic E-state index is 13.5. The number of carbonyl (C=O) groups is 1. The molecule has 0 saturated heterocycles. The van der Waals surface area contributed by atoms with E-state index in [1.54, 1.807) is 32.4 Å². The Morgan fingerprint density at radius 3 is 2.45 bits per heavy atom. The Bertz CT molecular complexity index is 1100. The Labute approximate surface area is 194 Å². The molecule has 1 atom stereocenters. The van der Waals surface area contributed by atoms with Gasteiger partial charge in [-0.2, -0.15) is 0 Å². The van der Waals surface area contributed by atoms with Crippen molar-refractivity contribution in [1.82, 2.24) is 4.90 Å². The molecule has 6 heteroatoms. The van der Waals surface area contributed by atoms with Crippen LogP contribution in [0.5, 0.6) is 23.0 Å². The zero-order chi connectivity index (χ0) is 23.2. The van der Waals surface area contributed by atoms with Gasteiger partial charge in [0.25, 0.3) is 5.91 Å². The average Bonchev–Trinajstić information content (AvgIpc) is 3.34. The molecule has 33 heavy (non-hydrogen) atoms. The fraction of sp³-hybridized carbons (Fsp3) is 0.296. The highest BCUT2D eigenvalue weighted by atomic mass is 16.7. The van der Waals surface area contributed by atoms with E-state index in [0.29, 0.717) is 48.1 Å². The Morgan fingerprint density at radius 2 is 1.70 bits per heavy atom. The van der Waals surface area contributed by atoms with Gasteiger partial charge in [0.2, 0.25) is 6.79 Å². The summed E-state index contributed by atoms with van der Waals surface area (Å²) in [6.07, 6.45) is 0.693. The van der Waals surface area contributed by atoms with Gasteiger partial charge in [-0.25, -0.2) is 0 Å². The smallest absolute Gasteiger partial charge is 0.254 e. The van der Waals surface area contributed by atoms with Gasteiger partial charge in [0.1, 0.15) is 0 Å². The standard InChI is InChI=1S/C27H29NO5/c1-19(21-7-5-4-6-8-21)17-28(14-13-20-9-11-23(30-2)25(15-20)31-3)27(29)22-10-12-24-26(16-22)33-18-32-24/h4-12,15-16,19H,13-14,17-18H2,1-3H3. The molecule has 0 bridgehead atoms. The van der Waals surface area contributed by atoms with Gasteiger partial charge in [-0.15, -0.1) is 0 Å². The molecular weight excluding hydrogens is 418 g/mol. The third-order valence-corrected chi connectivity index (χ3v) is 5.89. The van der Waals surface area contributed by atoms with Crippen LogP contribution in [-0.2, 0) is 6.42 Å². The molecule has 1 aliphatic rings. The SMILES string of the molecule is COc1ccc(CCN(CC(C)c2ccccc2)C(=O)c2ccc3c(c2)OCO3)cc1OC. The van der Waals surface area contributed by atoms with E-state index >= 15 is 0 Å². The number of benzene rings is 3. The van der Waals surface area contributed by atoms with E-state index in [0.717, 1.165) is 5.56 Å². The first-order valence-electron chi connectivity index (χ1n) is 11.0. The molecule has 0 saturated carbocycles. The third-order valence-electron chi connectivity index (χ3n) is 5.89. The lowest BCUT2D eigenvalue weighted by Crippen LogP contribution is -2.36. The molecule has 172 valence electrons. The second-order valence-corrected chi connectivity index (χ2v) is 8.07. The average molecular weight is 448 g/mol. The van der Waals surface area contributed by atoms with E-state index in [2.05, 4.69) is 19.1 Å². The fourth-order valence-corrected chi connectivity index (χ4v) is 4.01. The molecule has 0 fully saturated rings. The van der Waals surface area contributed by atoms with Crippen LogP contribution in [0.3, 0.4) is 0 Å². The Balaban J connectivity index is 1.55. The van der Waals surface area contributed by atoms with Crippen LogP contribution in [0.2, 0.25) is 0 Å². The molecule has 6 nitrogen and oxygen atoms in total. The Kier molecular flexibility index (Phi) is 7.03. The number of methoxy groups -OCH3 is 2. The summed E-state index contributed by atoms with van der Waals surface area (Å²) in [4.78, 5) is 15.4. The van der Waals surface area contributed by atoms with Gasteiger partial charge < -0.3 is 23.8 Å². The summed E-state index contributed by atoms with van der Waals surface area (Å²) in [5.74, 6) is 2.80. The Hall–Kier alpha value is -3.67. The largest absolute Gasteiger partial charge is 0.493 e. The van der Waals surface area contributed by atoms with Crippen molar-refractivity contribution in [3.8, 4) is 23.0 Å². The normalized spacial score (nSPS) is 12.8. The van der Waals surface area contributed by atoms with E-state index in [4.69, 9.17) is 18.9 Å². The summed E-state index contributed by atoms with van der Waals surface area (Å²) in [5.41, 5.74) is 2.86. The summed E-state index contributed by atoms with van der Waals surface area (Å²) in [7, 11) is 3.24. The first kappa shape index (κ1) is 22.5. The molecule has 3 aromatic carbocycles. The number of ether oxygens (including phenoxy) is 4. The van der Waals surface area contributed by atoms with Gasteiger partial charge in [-0.1, -0.05) is 43.3 Å². The Morgan fingerprint density at radius 1 is 0.939 bits per heavy atom. The summed E-state index contributed by atoms with van der Waals surface area (Å²) in [6, 6.07) is 21.5. The number of hydrogen-bond acceptors (Lipinski definition) is 5. The van der Waals surface area contributed by atoms with Crippen LogP contribution in [0, 0.1) is 0 Å². The van der Waals surface area contributed by atoms with Crippen molar-refractivity contribution in [2.24, 2.45) is 0 Å². The maximum atomic E-state index is 13.5. The van der Waals surface area contributed by atoms with Crippen LogP contribution in [-0.4, -0.2) is 44.9 Å². The van der Waals surface area contributed by atoms with E-state index in [1.807, 2.05) is 41.3 Å². The second-order valence-electron chi connectivity index (χ2n) is 8.07. The molecule has 0 aliphatic carbocycles. The lowest BCUT2D eigenvalue weighted by Gasteiger charge is -2.27. The minimum atomic E-state index is -0.0310. The quantitative estimate of drug-likeness (QED) is 0.466. The minimum absolute atomic E-state index is 0.0310. The summed E-state index contributed by atoms with van der Waals surface area (Å²) >= 11 is 0. The predicted molar refractivity (Wildman–Crippen MR) is 127 cm³/mol. The highest BCUT2D eigenvalue weighted by molar-refractivity contribution is 5.95. The van der Waals surface area contributed by atoms with Gasteiger partial charge in [-0.3, -0.25) is 4.79 Å². The van der Waals surface area contributed by atoms with Gasteiger partial charge in [-0.05, 0) is 53.8 Å². The molecule has 1 amide bonds. The number of amides is 1. The molecule has 1 unspecified atom stereocenters. The van der Waals surface area contributed by atoms with Crippen LogP contribution in [0.15, 0.2) is 66.7 Å². The predicted octanol–water partition coefficient (Wildman–Crippen LogP) is 4.92. The number of rotatable bonds is 9. The molecule has 0 N–H and O–H groups in total. The van der Waals surface area contributed by atoms with Crippen molar-refractivity contribution in [1.29, 1.82) is 0 Å². The lowest BCUT2D eigenvalue weighted by molar-refractivity contribution is 0.0748. The third kappa shape index (κ3) is 5.22. The number of fused-ring (bicyclic) bond motifs is 1. The summed E-state index contributed by atoms with van der Waals surface area (Å²) in [5, 5.41) is 0. The van der Waals surface area contributed by atoms with Crippen LogP contribution in [0.4, 0.5) is 0 Å². The number of nitrogens with zero attached hydrogens (tertiary/aromatic N) is 1. The van der Waals surface area contributed by atoms with Crippen molar-refractivity contribution in [3.05, 3.63) is 83.4 Å². The first-order chi connectivity index (χ1) is 16.1. The van der Waals surface area contributed by atoms with Crippen LogP contribution >= 0.6 is 0 Å². The molecule has 1 heterocycles. The molecule has 0 aromatic heterocycles. The zero-order valence-corrected chi connectivity index (χ0v) is 19.2. The number of carbonyl (C=O) groups excluding carboxylic acids is 1. The van der Waals surface area contributed by atoms with E-state index < -0.39 is 0 Å². The molecule has 4 rings (SSSR count). The summed E-state index contributed by atoms with van der Waals surface area (Å²) < 4.78 is 21.6. The first-order valence-corrected chi connectivity index (χ1v) is 11.0. The van der Waals surface area contributed by atoms with Crippen molar-refractivity contribution >= 4 is 5.91 Å². The van der Waals surface area contributed by atoms with Crippen LogP contribution in [0.1, 0.15) is 34.3 Å². The van der Waals surface area contributed by atoms with Crippen molar-refractivity contribution in [2.75, 3.05) is 34.1 Å². The van der Waals surface area contributed by atoms with Gasteiger partial charge >= 0.3 is 0 Å². The highest BCUT2D eigenvalue weighted by Crippen LogP contribution is 2.33. The van der Waals surface area contributed by atoms with Crippen LogP contribution in [0.25, 0.3) is 0 Å². The molecule has 0 spiro atoms. The molecule has 0 radical (unpaired) electrons. The molecule has 3 aromatic rings. The molecule has 1 aliphatic heterocycles. The monoisotopic (exact) mass is 447 g/mol. The summed E-state index contributed by atoms with van der Waals surface area (Å²) in [6.45, 7) is 3.50. The van der Waals surface area contributed by atoms with E-state index in [1.165, 1.54) is 5.56 Å².